The third-order valence-electron chi connectivity index (χ3n) is 3.41. The number of fused-ring (bicyclic) bond motifs is 1. The van der Waals surface area contributed by atoms with E-state index in [9.17, 15) is 8.78 Å². The van der Waals surface area contributed by atoms with Crippen molar-refractivity contribution in [3.63, 3.8) is 0 Å². The van der Waals surface area contributed by atoms with Gasteiger partial charge in [0.2, 0.25) is 0 Å². The third kappa shape index (κ3) is 2.78. The Bertz CT molecular complexity index is 737. The van der Waals surface area contributed by atoms with Crippen molar-refractivity contribution in [2.75, 3.05) is 7.05 Å². The van der Waals surface area contributed by atoms with Crippen molar-refractivity contribution < 1.29 is 13.2 Å². The van der Waals surface area contributed by atoms with E-state index in [2.05, 4.69) is 10.3 Å². The van der Waals surface area contributed by atoms with Crippen molar-refractivity contribution in [1.29, 1.82) is 0 Å². The molecule has 0 radical (unpaired) electrons. The van der Waals surface area contributed by atoms with Crippen molar-refractivity contribution in [2.24, 2.45) is 0 Å². The molecule has 0 amide bonds. The summed E-state index contributed by atoms with van der Waals surface area (Å²) >= 11 is 0. The largest absolute Gasteiger partial charge is 0.441 e. The second-order valence-electron chi connectivity index (χ2n) is 4.79. The fraction of sp³-hybridized carbons (Fsp3) is 0.188. The average Bonchev–Trinajstić information content (AvgIpc) is 2.90. The minimum atomic E-state index is -0.856. The van der Waals surface area contributed by atoms with Gasteiger partial charge in [0.05, 0.1) is 0 Å². The van der Waals surface area contributed by atoms with Crippen LogP contribution in [-0.4, -0.2) is 12.0 Å². The maximum absolute atomic E-state index is 13.3. The molecule has 3 nitrogen and oxygen atoms in total. The Labute approximate surface area is 120 Å². The van der Waals surface area contributed by atoms with Crippen molar-refractivity contribution in [3.05, 3.63) is 65.6 Å². The number of rotatable bonds is 4. The van der Waals surface area contributed by atoms with Gasteiger partial charge in [0.25, 0.3) is 0 Å². The number of likely N-dealkylation sites (N-methyl/N-ethyl adjacent to an activating group) is 1. The Balaban J connectivity index is 1.88. The molecule has 5 heteroatoms. The molecule has 0 saturated carbocycles. The number of benzene rings is 2. The maximum atomic E-state index is 13.3. The number of aromatic nitrogens is 1. The lowest BCUT2D eigenvalue weighted by Gasteiger charge is -2.14. The van der Waals surface area contributed by atoms with E-state index in [-0.39, 0.29) is 6.04 Å². The van der Waals surface area contributed by atoms with Crippen LogP contribution >= 0.6 is 0 Å². The predicted octanol–water partition coefficient (Wildman–Crippen LogP) is 3.61. The van der Waals surface area contributed by atoms with Crippen molar-refractivity contribution in [3.8, 4) is 0 Å². The third-order valence-corrected chi connectivity index (χ3v) is 3.41. The molecule has 0 saturated heterocycles. The highest BCUT2D eigenvalue weighted by Crippen LogP contribution is 2.22. The van der Waals surface area contributed by atoms with Crippen LogP contribution in [0.1, 0.15) is 17.5 Å². The molecule has 108 valence electrons. The van der Waals surface area contributed by atoms with Crippen LogP contribution in [0.3, 0.4) is 0 Å². The van der Waals surface area contributed by atoms with Crippen molar-refractivity contribution in [1.82, 2.24) is 10.3 Å². The molecule has 1 heterocycles. The molecule has 1 N–H and O–H groups in total. The molecule has 2 aromatic carbocycles. The molecule has 1 aromatic heterocycles. The lowest BCUT2D eigenvalue weighted by molar-refractivity contribution is 0.467. The minimum Gasteiger partial charge on any atom is -0.441 e. The van der Waals surface area contributed by atoms with Crippen LogP contribution < -0.4 is 5.32 Å². The van der Waals surface area contributed by atoms with Crippen molar-refractivity contribution >= 4 is 11.1 Å². The van der Waals surface area contributed by atoms with Gasteiger partial charge in [-0.05, 0) is 36.9 Å². The summed E-state index contributed by atoms with van der Waals surface area (Å²) in [6.07, 6.45) is 0.455. The molecule has 3 aromatic rings. The van der Waals surface area contributed by atoms with Gasteiger partial charge in [0, 0.05) is 12.5 Å². The lowest BCUT2D eigenvalue weighted by Crippen LogP contribution is -2.19. The van der Waals surface area contributed by atoms with Gasteiger partial charge in [-0.15, -0.1) is 0 Å². The van der Waals surface area contributed by atoms with Crippen LogP contribution in [0.15, 0.2) is 46.9 Å². The standard InChI is InChI=1S/C16H14F2N2O/c1-19-14(10-6-7-11(17)12(18)8-10)9-16-20-13-4-2-3-5-15(13)21-16/h2-8,14,19H,9H2,1H3. The van der Waals surface area contributed by atoms with Gasteiger partial charge in [0.15, 0.2) is 23.1 Å². The summed E-state index contributed by atoms with van der Waals surface area (Å²) in [7, 11) is 1.76. The summed E-state index contributed by atoms with van der Waals surface area (Å²) in [5.74, 6) is -1.15. The van der Waals surface area contributed by atoms with E-state index in [1.54, 1.807) is 13.1 Å². The van der Waals surface area contributed by atoms with Crippen LogP contribution in [0.25, 0.3) is 11.1 Å². The highest BCUT2D eigenvalue weighted by molar-refractivity contribution is 5.72. The highest BCUT2D eigenvalue weighted by atomic mass is 19.2. The quantitative estimate of drug-likeness (QED) is 0.797. The first-order chi connectivity index (χ1) is 10.2. The van der Waals surface area contributed by atoms with E-state index in [0.717, 1.165) is 11.6 Å². The summed E-state index contributed by atoms with van der Waals surface area (Å²) in [5.41, 5.74) is 2.15. The first-order valence-corrected chi connectivity index (χ1v) is 6.64. The van der Waals surface area contributed by atoms with Gasteiger partial charge in [-0.2, -0.15) is 0 Å². The Morgan fingerprint density at radius 3 is 2.67 bits per heavy atom. The molecule has 0 aliphatic carbocycles. The lowest BCUT2D eigenvalue weighted by atomic mass is 10.0. The second-order valence-corrected chi connectivity index (χ2v) is 4.79. The van der Waals surface area contributed by atoms with Crippen LogP contribution in [0.5, 0.6) is 0 Å². The van der Waals surface area contributed by atoms with Crippen LogP contribution in [0.4, 0.5) is 8.78 Å². The molecule has 21 heavy (non-hydrogen) atoms. The van der Waals surface area contributed by atoms with Gasteiger partial charge < -0.3 is 9.73 Å². The molecular formula is C16H14F2N2O. The van der Waals surface area contributed by atoms with Crippen LogP contribution in [0.2, 0.25) is 0 Å². The summed E-state index contributed by atoms with van der Waals surface area (Å²) in [4.78, 5) is 4.39. The molecule has 0 aliphatic rings. The number of nitrogens with one attached hydrogen (secondary N) is 1. The molecule has 0 fully saturated rings. The zero-order chi connectivity index (χ0) is 14.8. The summed E-state index contributed by atoms with van der Waals surface area (Å²) in [5, 5.41) is 3.07. The van der Waals surface area contributed by atoms with Crippen molar-refractivity contribution in [2.45, 2.75) is 12.5 Å². The topological polar surface area (TPSA) is 38.1 Å². The van der Waals surface area contributed by atoms with E-state index < -0.39 is 11.6 Å². The SMILES string of the molecule is CNC(Cc1nc2ccccc2o1)c1ccc(F)c(F)c1. The van der Waals surface area contributed by atoms with E-state index in [4.69, 9.17) is 4.42 Å². The summed E-state index contributed by atoms with van der Waals surface area (Å²) in [6.45, 7) is 0. The smallest absolute Gasteiger partial charge is 0.197 e. The van der Waals surface area contributed by atoms with Gasteiger partial charge in [0.1, 0.15) is 5.52 Å². The first-order valence-electron chi connectivity index (χ1n) is 6.64. The van der Waals surface area contributed by atoms with Gasteiger partial charge in [-0.3, -0.25) is 0 Å². The number of hydrogen-bond donors (Lipinski definition) is 1. The molecule has 1 unspecified atom stereocenters. The van der Waals surface area contributed by atoms with E-state index in [1.165, 1.54) is 6.07 Å². The predicted molar refractivity (Wildman–Crippen MR) is 75.9 cm³/mol. The Morgan fingerprint density at radius 1 is 1.14 bits per heavy atom. The number of nitrogens with zero attached hydrogens (tertiary/aromatic N) is 1. The van der Waals surface area contributed by atoms with Gasteiger partial charge in [-0.1, -0.05) is 18.2 Å². The fourth-order valence-electron chi connectivity index (χ4n) is 2.30. The molecule has 1 atom stereocenters. The zero-order valence-electron chi connectivity index (χ0n) is 11.4. The number of para-hydroxylation sites is 2. The summed E-state index contributed by atoms with van der Waals surface area (Å²) < 4.78 is 32.0. The molecule has 0 aliphatic heterocycles. The molecular weight excluding hydrogens is 274 g/mol. The van der Waals surface area contributed by atoms with E-state index in [1.807, 2.05) is 24.3 Å². The molecule has 3 rings (SSSR count). The number of halogens is 2. The number of hydrogen-bond acceptors (Lipinski definition) is 3. The Kier molecular flexibility index (Phi) is 3.66. The van der Waals surface area contributed by atoms with Crippen LogP contribution in [-0.2, 0) is 6.42 Å². The first kappa shape index (κ1) is 13.7. The minimum absolute atomic E-state index is 0.201. The number of oxazole rings is 1. The summed E-state index contributed by atoms with van der Waals surface area (Å²) in [6, 6.07) is 11.2. The van der Waals surface area contributed by atoms with E-state index in [0.29, 0.717) is 23.5 Å². The van der Waals surface area contributed by atoms with Gasteiger partial charge in [-0.25, -0.2) is 13.8 Å². The Morgan fingerprint density at radius 2 is 1.95 bits per heavy atom. The zero-order valence-corrected chi connectivity index (χ0v) is 11.4. The fourth-order valence-corrected chi connectivity index (χ4v) is 2.30. The Hall–Kier alpha value is -2.27. The second kappa shape index (κ2) is 5.61. The monoisotopic (exact) mass is 288 g/mol. The highest BCUT2D eigenvalue weighted by Gasteiger charge is 2.16. The van der Waals surface area contributed by atoms with E-state index >= 15 is 0 Å². The normalized spacial score (nSPS) is 12.7. The van der Waals surface area contributed by atoms with Gasteiger partial charge >= 0.3 is 0 Å². The maximum Gasteiger partial charge on any atom is 0.197 e. The van der Waals surface area contributed by atoms with Crippen LogP contribution in [0, 0.1) is 11.6 Å². The molecule has 0 spiro atoms. The molecule has 0 bridgehead atoms. The average molecular weight is 288 g/mol.